The highest BCUT2D eigenvalue weighted by molar-refractivity contribution is 8.00. The number of aliphatic imine (C=N–C) groups is 1. The highest BCUT2D eigenvalue weighted by atomic mass is 32.2. The van der Waals surface area contributed by atoms with Crippen LogP contribution in [0.4, 0.5) is 0 Å². The standard InChI is InChI=1S/C14H27N3OS/c1-12-3-7-17(8-4-12)13(15)16-11-14(19-2)5-9-18-10-6-14/h12H,3-11H2,1-2H3,(H2,15,16). The van der Waals surface area contributed by atoms with Gasteiger partial charge >= 0.3 is 0 Å². The van der Waals surface area contributed by atoms with E-state index in [1.165, 1.54) is 12.8 Å². The number of nitrogens with two attached hydrogens (primary N) is 1. The van der Waals surface area contributed by atoms with E-state index in [0.29, 0.717) is 0 Å². The molecule has 0 aromatic heterocycles. The van der Waals surface area contributed by atoms with E-state index in [4.69, 9.17) is 10.5 Å². The predicted octanol–water partition coefficient (Wildman–Crippen LogP) is 1.95. The number of ether oxygens (including phenoxy) is 1. The summed E-state index contributed by atoms with van der Waals surface area (Å²) in [5.41, 5.74) is 6.16. The molecule has 0 aromatic rings. The largest absolute Gasteiger partial charge is 0.381 e. The summed E-state index contributed by atoms with van der Waals surface area (Å²) in [6, 6.07) is 0. The first kappa shape index (κ1) is 15.0. The van der Waals surface area contributed by atoms with Crippen molar-refractivity contribution < 1.29 is 4.74 Å². The zero-order valence-corrected chi connectivity index (χ0v) is 13.0. The molecule has 2 aliphatic heterocycles. The summed E-state index contributed by atoms with van der Waals surface area (Å²) in [4.78, 5) is 6.93. The van der Waals surface area contributed by atoms with Crippen LogP contribution in [0.5, 0.6) is 0 Å². The number of hydrogen-bond donors (Lipinski definition) is 1. The fourth-order valence-electron chi connectivity index (χ4n) is 2.73. The maximum absolute atomic E-state index is 6.16. The molecule has 2 N–H and O–H groups in total. The van der Waals surface area contributed by atoms with Crippen molar-refractivity contribution in [1.29, 1.82) is 0 Å². The Labute approximate surface area is 121 Å². The smallest absolute Gasteiger partial charge is 0.191 e. The van der Waals surface area contributed by atoms with Crippen molar-refractivity contribution in [2.75, 3.05) is 39.1 Å². The molecule has 2 fully saturated rings. The molecule has 2 rings (SSSR count). The molecule has 2 saturated heterocycles. The third-order valence-electron chi connectivity index (χ3n) is 4.47. The number of nitrogens with zero attached hydrogens (tertiary/aromatic N) is 2. The normalized spacial score (nSPS) is 25.6. The number of rotatable bonds is 3. The van der Waals surface area contributed by atoms with Gasteiger partial charge in [-0.2, -0.15) is 11.8 Å². The van der Waals surface area contributed by atoms with Crippen LogP contribution in [0.15, 0.2) is 4.99 Å². The molecule has 0 unspecified atom stereocenters. The molecule has 0 atom stereocenters. The van der Waals surface area contributed by atoms with Crippen molar-refractivity contribution in [2.24, 2.45) is 16.6 Å². The Hall–Kier alpha value is -0.420. The lowest BCUT2D eigenvalue weighted by molar-refractivity contribution is 0.0793. The van der Waals surface area contributed by atoms with Crippen LogP contribution in [-0.4, -0.2) is 54.7 Å². The molecule has 110 valence electrons. The van der Waals surface area contributed by atoms with Gasteiger partial charge in [0.15, 0.2) is 5.96 Å². The molecule has 0 saturated carbocycles. The second-order valence-corrected chi connectivity index (χ2v) is 7.12. The summed E-state index contributed by atoms with van der Waals surface area (Å²) >= 11 is 1.92. The third-order valence-corrected chi connectivity index (χ3v) is 5.88. The van der Waals surface area contributed by atoms with E-state index >= 15 is 0 Å². The summed E-state index contributed by atoms with van der Waals surface area (Å²) in [5.74, 6) is 1.57. The van der Waals surface area contributed by atoms with E-state index in [-0.39, 0.29) is 4.75 Å². The summed E-state index contributed by atoms with van der Waals surface area (Å²) in [5, 5.41) is 0. The molecule has 19 heavy (non-hydrogen) atoms. The van der Waals surface area contributed by atoms with Crippen LogP contribution in [0.1, 0.15) is 32.6 Å². The van der Waals surface area contributed by atoms with E-state index in [1.54, 1.807) is 0 Å². The lowest BCUT2D eigenvalue weighted by atomic mass is 9.99. The fraction of sp³-hybridized carbons (Fsp3) is 0.929. The number of likely N-dealkylation sites (tertiary alicyclic amines) is 1. The van der Waals surface area contributed by atoms with Gasteiger partial charge < -0.3 is 15.4 Å². The maximum Gasteiger partial charge on any atom is 0.191 e. The van der Waals surface area contributed by atoms with Gasteiger partial charge in [0.2, 0.25) is 0 Å². The quantitative estimate of drug-likeness (QED) is 0.636. The summed E-state index contributed by atoms with van der Waals surface area (Å²) in [7, 11) is 0. The number of thioether (sulfide) groups is 1. The van der Waals surface area contributed by atoms with Crippen LogP contribution in [0.25, 0.3) is 0 Å². The fourth-order valence-corrected chi connectivity index (χ4v) is 3.50. The van der Waals surface area contributed by atoms with Gasteiger partial charge in [0.25, 0.3) is 0 Å². The van der Waals surface area contributed by atoms with Gasteiger partial charge in [-0.05, 0) is 37.9 Å². The number of piperidine rings is 1. The second kappa shape index (κ2) is 6.84. The van der Waals surface area contributed by atoms with Gasteiger partial charge in [0.1, 0.15) is 0 Å². The Morgan fingerprint density at radius 3 is 2.58 bits per heavy atom. The average molecular weight is 285 g/mol. The third kappa shape index (κ3) is 4.02. The lowest BCUT2D eigenvalue weighted by Gasteiger charge is -2.35. The summed E-state index contributed by atoms with van der Waals surface area (Å²) in [6.45, 7) is 6.98. The Bertz CT molecular complexity index is 308. The van der Waals surface area contributed by atoms with Gasteiger partial charge in [-0.3, -0.25) is 4.99 Å². The molecule has 0 aromatic carbocycles. The van der Waals surface area contributed by atoms with Crippen molar-refractivity contribution in [3.8, 4) is 0 Å². The van der Waals surface area contributed by atoms with Crippen LogP contribution >= 0.6 is 11.8 Å². The maximum atomic E-state index is 6.16. The Balaban J connectivity index is 1.89. The van der Waals surface area contributed by atoms with Crippen molar-refractivity contribution >= 4 is 17.7 Å². The molecular formula is C14H27N3OS. The molecule has 4 nitrogen and oxygen atoms in total. The predicted molar refractivity (Wildman–Crippen MR) is 82.8 cm³/mol. The van der Waals surface area contributed by atoms with E-state index < -0.39 is 0 Å². The van der Waals surface area contributed by atoms with Crippen LogP contribution in [0, 0.1) is 5.92 Å². The minimum Gasteiger partial charge on any atom is -0.381 e. The van der Waals surface area contributed by atoms with Crippen LogP contribution in [-0.2, 0) is 4.74 Å². The highest BCUT2D eigenvalue weighted by Crippen LogP contribution is 2.34. The van der Waals surface area contributed by atoms with Crippen LogP contribution in [0.3, 0.4) is 0 Å². The molecule has 0 amide bonds. The van der Waals surface area contributed by atoms with E-state index in [2.05, 4.69) is 23.1 Å². The molecule has 0 bridgehead atoms. The summed E-state index contributed by atoms with van der Waals surface area (Å²) < 4.78 is 5.70. The van der Waals surface area contributed by atoms with Crippen molar-refractivity contribution in [3.05, 3.63) is 0 Å². The average Bonchev–Trinajstić information content (AvgIpc) is 2.46. The minimum atomic E-state index is 0.242. The number of guanidine groups is 1. The molecule has 0 radical (unpaired) electrons. The zero-order chi connectivity index (χ0) is 13.7. The van der Waals surface area contributed by atoms with Gasteiger partial charge in [-0.15, -0.1) is 0 Å². The minimum absolute atomic E-state index is 0.242. The first-order valence-corrected chi connectivity index (χ1v) is 8.55. The molecule has 2 heterocycles. The van der Waals surface area contributed by atoms with Gasteiger partial charge in [-0.1, -0.05) is 6.92 Å². The Morgan fingerprint density at radius 1 is 1.37 bits per heavy atom. The number of hydrogen-bond acceptors (Lipinski definition) is 3. The van der Waals surface area contributed by atoms with Crippen molar-refractivity contribution in [1.82, 2.24) is 4.90 Å². The molecule has 0 aliphatic carbocycles. The van der Waals surface area contributed by atoms with E-state index in [1.807, 2.05) is 11.8 Å². The van der Waals surface area contributed by atoms with Crippen molar-refractivity contribution in [3.63, 3.8) is 0 Å². The Kier molecular flexibility index (Phi) is 5.39. The van der Waals surface area contributed by atoms with Gasteiger partial charge in [0, 0.05) is 31.1 Å². The molecule has 0 spiro atoms. The SMILES string of the molecule is CSC1(CN=C(N)N2CCC(C)CC2)CCOCC1. The second-order valence-electron chi connectivity index (χ2n) is 5.84. The molecule has 5 heteroatoms. The van der Waals surface area contributed by atoms with Gasteiger partial charge in [0.05, 0.1) is 6.54 Å². The summed E-state index contributed by atoms with van der Waals surface area (Å²) in [6.07, 6.45) is 6.82. The highest BCUT2D eigenvalue weighted by Gasteiger charge is 2.31. The molecule has 2 aliphatic rings. The first-order chi connectivity index (χ1) is 9.15. The van der Waals surface area contributed by atoms with Crippen LogP contribution < -0.4 is 5.73 Å². The van der Waals surface area contributed by atoms with Crippen LogP contribution in [0.2, 0.25) is 0 Å². The van der Waals surface area contributed by atoms with Crippen molar-refractivity contribution in [2.45, 2.75) is 37.4 Å². The van der Waals surface area contributed by atoms with E-state index in [0.717, 1.165) is 57.6 Å². The lowest BCUT2D eigenvalue weighted by Crippen LogP contribution is -2.44. The molecular weight excluding hydrogens is 258 g/mol. The van der Waals surface area contributed by atoms with E-state index in [9.17, 15) is 0 Å². The first-order valence-electron chi connectivity index (χ1n) is 7.33. The monoisotopic (exact) mass is 285 g/mol. The Morgan fingerprint density at radius 2 is 2.00 bits per heavy atom. The zero-order valence-electron chi connectivity index (χ0n) is 12.2. The topological polar surface area (TPSA) is 50.8 Å². The van der Waals surface area contributed by atoms with Gasteiger partial charge in [-0.25, -0.2) is 0 Å².